The highest BCUT2D eigenvalue weighted by Crippen LogP contribution is 2.21. The van der Waals surface area contributed by atoms with E-state index in [2.05, 4.69) is 9.97 Å². The Hall–Kier alpha value is -1.26. The molecule has 0 aliphatic heterocycles. The number of aromatic nitrogens is 2. The number of rotatable bonds is 2. The van der Waals surface area contributed by atoms with Gasteiger partial charge in [-0.15, -0.1) is 0 Å². The number of fused-ring (bicyclic) bond motifs is 1. The van der Waals surface area contributed by atoms with E-state index in [-0.39, 0.29) is 11.9 Å². The van der Waals surface area contributed by atoms with Crippen molar-refractivity contribution in [2.45, 2.75) is 19.4 Å². The van der Waals surface area contributed by atoms with Gasteiger partial charge in [-0.05, 0) is 19.1 Å². The minimum absolute atomic E-state index is 0.0536. The Kier molecular flexibility index (Phi) is 3.03. The fraction of sp³-hybridized carbons (Fsp3) is 0.273. The maximum Gasteiger partial charge on any atom is 0.140 e. The third-order valence-corrected chi connectivity index (χ3v) is 2.45. The Morgan fingerprint density at radius 2 is 2.19 bits per heavy atom. The zero-order chi connectivity index (χ0) is 11.7. The van der Waals surface area contributed by atoms with Crippen molar-refractivity contribution in [1.29, 1.82) is 0 Å². The lowest BCUT2D eigenvalue weighted by atomic mass is 10.2. The maximum atomic E-state index is 13.0. The predicted molar refractivity (Wildman–Crippen MR) is 61.9 cm³/mol. The summed E-state index contributed by atoms with van der Waals surface area (Å²) in [6, 6.07) is 4.20. The van der Waals surface area contributed by atoms with E-state index < -0.39 is 0 Å². The van der Waals surface area contributed by atoms with Crippen LogP contribution in [0.15, 0.2) is 18.2 Å². The van der Waals surface area contributed by atoms with E-state index in [1.54, 1.807) is 6.07 Å². The average molecular weight is 240 g/mol. The molecule has 1 aromatic heterocycles. The largest absolute Gasteiger partial charge is 0.328 e. The first-order chi connectivity index (χ1) is 7.56. The molecule has 1 atom stereocenters. The zero-order valence-corrected chi connectivity index (χ0v) is 9.50. The summed E-state index contributed by atoms with van der Waals surface area (Å²) in [5.41, 5.74) is 6.16. The quantitative estimate of drug-likeness (QED) is 0.819. The number of benzene rings is 1. The second kappa shape index (κ2) is 4.31. The minimum Gasteiger partial charge on any atom is -0.328 e. The molecule has 84 valence electrons. The lowest BCUT2D eigenvalue weighted by Gasteiger charge is -2.06. The summed E-state index contributed by atoms with van der Waals surface area (Å²) in [5, 5.41) is 0.983. The van der Waals surface area contributed by atoms with Crippen LogP contribution < -0.4 is 5.73 Å². The van der Waals surface area contributed by atoms with Crippen LogP contribution in [0.2, 0.25) is 5.15 Å². The van der Waals surface area contributed by atoms with Crippen LogP contribution in [-0.4, -0.2) is 16.0 Å². The van der Waals surface area contributed by atoms with E-state index in [0.29, 0.717) is 28.3 Å². The van der Waals surface area contributed by atoms with Crippen molar-refractivity contribution in [3.8, 4) is 0 Å². The van der Waals surface area contributed by atoms with Gasteiger partial charge in [-0.2, -0.15) is 0 Å². The predicted octanol–water partition coefficient (Wildman–Crippen LogP) is 2.31. The first kappa shape index (κ1) is 11.2. The molecule has 0 amide bonds. The molecule has 1 unspecified atom stereocenters. The summed E-state index contributed by atoms with van der Waals surface area (Å²) in [7, 11) is 0. The lowest BCUT2D eigenvalue weighted by molar-refractivity contribution is 0.629. The number of nitrogens with zero attached hydrogens (tertiary/aromatic N) is 2. The van der Waals surface area contributed by atoms with Gasteiger partial charge in [0.25, 0.3) is 0 Å². The molecule has 0 fully saturated rings. The SMILES string of the molecule is CC(N)Cc1nc(Cl)c2ccc(F)cc2n1. The molecule has 2 N–H and O–H groups in total. The molecule has 0 bridgehead atoms. The van der Waals surface area contributed by atoms with Crippen molar-refractivity contribution in [1.82, 2.24) is 9.97 Å². The summed E-state index contributed by atoms with van der Waals surface area (Å²) < 4.78 is 13.0. The number of hydrogen-bond donors (Lipinski definition) is 1. The zero-order valence-electron chi connectivity index (χ0n) is 8.74. The highest BCUT2D eigenvalue weighted by atomic mass is 35.5. The van der Waals surface area contributed by atoms with Crippen LogP contribution in [0.3, 0.4) is 0 Å². The van der Waals surface area contributed by atoms with Crippen LogP contribution in [0.4, 0.5) is 4.39 Å². The summed E-state index contributed by atoms with van der Waals surface area (Å²) in [5.74, 6) is 0.201. The van der Waals surface area contributed by atoms with Gasteiger partial charge in [-0.25, -0.2) is 14.4 Å². The molecule has 0 aliphatic rings. The summed E-state index contributed by atoms with van der Waals surface area (Å²) >= 11 is 5.98. The Balaban J connectivity index is 2.56. The van der Waals surface area contributed by atoms with Crippen LogP contribution in [0.1, 0.15) is 12.7 Å². The normalized spacial score (nSPS) is 13.0. The molecule has 16 heavy (non-hydrogen) atoms. The van der Waals surface area contributed by atoms with Crippen molar-refractivity contribution < 1.29 is 4.39 Å². The highest BCUT2D eigenvalue weighted by molar-refractivity contribution is 6.34. The van der Waals surface area contributed by atoms with Gasteiger partial charge in [0, 0.05) is 23.9 Å². The fourth-order valence-electron chi connectivity index (χ4n) is 1.49. The van der Waals surface area contributed by atoms with Crippen LogP contribution >= 0.6 is 11.6 Å². The Bertz CT molecular complexity index is 528. The van der Waals surface area contributed by atoms with Gasteiger partial charge in [-0.3, -0.25) is 0 Å². The topological polar surface area (TPSA) is 51.8 Å². The monoisotopic (exact) mass is 239 g/mol. The number of hydrogen-bond acceptors (Lipinski definition) is 3. The molecule has 3 nitrogen and oxygen atoms in total. The first-order valence-electron chi connectivity index (χ1n) is 4.93. The number of nitrogens with two attached hydrogens (primary N) is 1. The van der Waals surface area contributed by atoms with Crippen molar-refractivity contribution in [2.75, 3.05) is 0 Å². The second-order valence-electron chi connectivity index (χ2n) is 3.77. The summed E-state index contributed by atoms with van der Waals surface area (Å²) in [6.07, 6.45) is 0.520. The Morgan fingerprint density at radius 3 is 2.88 bits per heavy atom. The van der Waals surface area contributed by atoms with E-state index in [4.69, 9.17) is 17.3 Å². The molecule has 5 heteroatoms. The third kappa shape index (κ3) is 2.28. The van der Waals surface area contributed by atoms with Gasteiger partial charge >= 0.3 is 0 Å². The molecule has 2 rings (SSSR count). The molecular formula is C11H11ClFN3. The van der Waals surface area contributed by atoms with Crippen LogP contribution in [0.5, 0.6) is 0 Å². The molecule has 0 saturated carbocycles. The molecule has 1 aromatic carbocycles. The van der Waals surface area contributed by atoms with E-state index in [9.17, 15) is 4.39 Å². The van der Waals surface area contributed by atoms with Crippen molar-refractivity contribution >= 4 is 22.5 Å². The van der Waals surface area contributed by atoms with Crippen LogP contribution in [-0.2, 0) is 6.42 Å². The van der Waals surface area contributed by atoms with Gasteiger partial charge in [-0.1, -0.05) is 11.6 Å². The number of halogens is 2. The minimum atomic E-state index is -0.339. The molecule has 1 heterocycles. The van der Waals surface area contributed by atoms with Gasteiger partial charge in [0.2, 0.25) is 0 Å². The van der Waals surface area contributed by atoms with Crippen LogP contribution in [0, 0.1) is 5.82 Å². The molecule has 0 spiro atoms. The molecule has 0 aliphatic carbocycles. The Morgan fingerprint density at radius 1 is 1.44 bits per heavy atom. The average Bonchev–Trinajstić information content (AvgIpc) is 2.15. The standard InChI is InChI=1S/C11H11ClFN3/c1-6(14)4-10-15-9-5-7(13)2-3-8(9)11(12)16-10/h2-3,5-6H,4,14H2,1H3. The van der Waals surface area contributed by atoms with Gasteiger partial charge < -0.3 is 5.73 Å². The summed E-state index contributed by atoms with van der Waals surface area (Å²) in [4.78, 5) is 8.34. The van der Waals surface area contributed by atoms with Gasteiger partial charge in [0.15, 0.2) is 0 Å². The van der Waals surface area contributed by atoms with E-state index in [0.717, 1.165) is 0 Å². The molecule has 0 saturated heterocycles. The van der Waals surface area contributed by atoms with E-state index in [1.165, 1.54) is 12.1 Å². The van der Waals surface area contributed by atoms with Crippen molar-refractivity contribution in [3.63, 3.8) is 0 Å². The Labute approximate surface area is 97.5 Å². The third-order valence-electron chi connectivity index (χ3n) is 2.16. The van der Waals surface area contributed by atoms with Gasteiger partial charge in [0.1, 0.15) is 16.8 Å². The lowest BCUT2D eigenvalue weighted by Crippen LogP contribution is -2.19. The first-order valence-corrected chi connectivity index (χ1v) is 5.31. The van der Waals surface area contributed by atoms with Gasteiger partial charge in [0.05, 0.1) is 5.52 Å². The maximum absolute atomic E-state index is 13.0. The highest BCUT2D eigenvalue weighted by Gasteiger charge is 2.08. The molecule has 0 radical (unpaired) electrons. The van der Waals surface area contributed by atoms with E-state index >= 15 is 0 Å². The van der Waals surface area contributed by atoms with Crippen LogP contribution in [0.25, 0.3) is 10.9 Å². The fourth-order valence-corrected chi connectivity index (χ4v) is 1.75. The van der Waals surface area contributed by atoms with Crippen molar-refractivity contribution in [3.05, 3.63) is 35.0 Å². The summed E-state index contributed by atoms with van der Waals surface area (Å²) in [6.45, 7) is 1.85. The molecular weight excluding hydrogens is 229 g/mol. The molecule has 2 aromatic rings. The van der Waals surface area contributed by atoms with E-state index in [1.807, 2.05) is 6.92 Å². The van der Waals surface area contributed by atoms with Crippen molar-refractivity contribution in [2.24, 2.45) is 5.73 Å². The second-order valence-corrected chi connectivity index (χ2v) is 4.13. The smallest absolute Gasteiger partial charge is 0.140 e.